The first-order chi connectivity index (χ1) is 19.0. The Kier molecular flexibility index (Phi) is 7.99. The molecule has 0 amide bonds. The van der Waals surface area contributed by atoms with Crippen molar-refractivity contribution in [3.8, 4) is 28.4 Å². The normalized spacial score (nSPS) is 10.8. The van der Waals surface area contributed by atoms with Crippen molar-refractivity contribution in [1.29, 1.82) is 0 Å². The highest BCUT2D eigenvalue weighted by molar-refractivity contribution is 6.30. The number of aliphatic carboxylic acids is 1. The Morgan fingerprint density at radius 3 is 2.36 bits per heavy atom. The maximum absolute atomic E-state index is 11.3. The average Bonchev–Trinajstić information content (AvgIpc) is 2.95. The van der Waals surface area contributed by atoms with Gasteiger partial charge in [-0.25, -0.2) is 4.79 Å². The fourth-order valence-corrected chi connectivity index (χ4v) is 4.79. The Bertz CT molecular complexity index is 1610. The van der Waals surface area contributed by atoms with Crippen molar-refractivity contribution in [3.05, 3.63) is 125 Å². The number of hydrogen-bond donors (Lipinski definition) is 1. The summed E-state index contributed by atoms with van der Waals surface area (Å²) in [5.41, 5.74) is 4.77. The molecule has 5 aromatic carbocycles. The number of carbonyl (C=O) groups is 1. The van der Waals surface area contributed by atoms with E-state index in [-0.39, 0.29) is 0 Å². The van der Waals surface area contributed by atoms with Crippen LogP contribution in [0, 0.1) is 0 Å². The number of benzene rings is 5. The predicted molar refractivity (Wildman–Crippen MR) is 154 cm³/mol. The molecule has 1 N–H and O–H groups in total. The first-order valence-corrected chi connectivity index (χ1v) is 12.9. The Labute approximate surface area is 232 Å². The molecule has 0 saturated carbocycles. The molecule has 0 saturated heterocycles. The second-order valence-electron chi connectivity index (χ2n) is 9.11. The van der Waals surface area contributed by atoms with Crippen LogP contribution < -0.4 is 14.2 Å². The zero-order valence-corrected chi connectivity index (χ0v) is 22.2. The second-order valence-corrected chi connectivity index (χ2v) is 9.54. The topological polar surface area (TPSA) is 65.0 Å². The van der Waals surface area contributed by atoms with E-state index in [1.807, 2.05) is 97.1 Å². The van der Waals surface area contributed by atoms with Crippen molar-refractivity contribution in [3.63, 3.8) is 0 Å². The largest absolute Gasteiger partial charge is 0.497 e. The van der Waals surface area contributed by atoms with Crippen molar-refractivity contribution in [2.24, 2.45) is 0 Å². The molecule has 5 aromatic rings. The monoisotopic (exact) mass is 538 g/mol. The molecule has 0 radical (unpaired) electrons. The fourth-order valence-electron chi connectivity index (χ4n) is 4.57. The van der Waals surface area contributed by atoms with Crippen LogP contribution in [0.15, 0.2) is 103 Å². The lowest BCUT2D eigenvalue weighted by Gasteiger charge is -2.18. The minimum atomic E-state index is -1.04. The van der Waals surface area contributed by atoms with Crippen LogP contribution in [0.1, 0.15) is 16.7 Å². The molecular formula is C33H27ClO5. The molecule has 0 aliphatic carbocycles. The van der Waals surface area contributed by atoms with E-state index in [4.69, 9.17) is 25.8 Å². The maximum atomic E-state index is 11.3. The summed E-state index contributed by atoms with van der Waals surface area (Å²) >= 11 is 6.27. The Morgan fingerprint density at radius 2 is 1.59 bits per heavy atom. The molecule has 0 aliphatic rings. The van der Waals surface area contributed by atoms with Crippen LogP contribution in [0.4, 0.5) is 0 Å². The third-order valence-corrected chi connectivity index (χ3v) is 6.66. The van der Waals surface area contributed by atoms with E-state index in [1.165, 1.54) is 0 Å². The van der Waals surface area contributed by atoms with E-state index in [0.29, 0.717) is 29.5 Å². The van der Waals surface area contributed by atoms with Gasteiger partial charge in [-0.05, 0) is 69.9 Å². The number of methoxy groups -OCH3 is 1. The van der Waals surface area contributed by atoms with Gasteiger partial charge >= 0.3 is 5.97 Å². The lowest BCUT2D eigenvalue weighted by Crippen LogP contribution is -2.11. The molecule has 0 spiro atoms. The molecule has 0 fully saturated rings. The summed E-state index contributed by atoms with van der Waals surface area (Å²) in [7, 11) is 1.65. The van der Waals surface area contributed by atoms with Crippen molar-refractivity contribution in [1.82, 2.24) is 0 Å². The van der Waals surface area contributed by atoms with Crippen LogP contribution in [-0.2, 0) is 17.8 Å². The van der Waals surface area contributed by atoms with Gasteiger partial charge in [0.05, 0.1) is 7.11 Å². The van der Waals surface area contributed by atoms with Gasteiger partial charge < -0.3 is 19.3 Å². The molecule has 6 heteroatoms. The van der Waals surface area contributed by atoms with Gasteiger partial charge in [0.1, 0.15) is 23.9 Å². The van der Waals surface area contributed by atoms with Crippen LogP contribution in [-0.4, -0.2) is 24.8 Å². The van der Waals surface area contributed by atoms with E-state index in [0.717, 1.165) is 44.3 Å². The van der Waals surface area contributed by atoms with E-state index in [9.17, 15) is 9.90 Å². The Hall–Kier alpha value is -4.48. The zero-order chi connectivity index (χ0) is 27.2. The van der Waals surface area contributed by atoms with Crippen molar-refractivity contribution in [2.75, 3.05) is 13.7 Å². The van der Waals surface area contributed by atoms with Gasteiger partial charge in [0.2, 0.25) is 0 Å². The van der Waals surface area contributed by atoms with Crippen LogP contribution in [0.5, 0.6) is 17.2 Å². The quantitative estimate of drug-likeness (QED) is 0.196. The summed E-state index contributed by atoms with van der Waals surface area (Å²) in [4.78, 5) is 11.3. The van der Waals surface area contributed by atoms with E-state index in [1.54, 1.807) is 7.11 Å². The molecular weight excluding hydrogens is 512 g/mol. The van der Waals surface area contributed by atoms with Gasteiger partial charge in [-0.15, -0.1) is 0 Å². The summed E-state index contributed by atoms with van der Waals surface area (Å²) < 4.78 is 17.6. The number of hydrogen-bond acceptors (Lipinski definition) is 4. The number of carboxylic acid groups (broad SMARTS) is 1. The lowest BCUT2D eigenvalue weighted by atomic mass is 9.93. The molecule has 0 unspecified atom stereocenters. The standard InChI is InChI=1S/C33H27ClO5/c1-37-27-12-6-10-24(17-27)29-18-25-13-14-31(39-21-33(35)36)30(16-23-9-5-11-26(34)15-23)28(25)19-32(29)38-20-22-7-3-2-4-8-22/h2-15,17-19H,16,20-21H2,1H3,(H,35,36). The van der Waals surface area contributed by atoms with Gasteiger partial charge in [0.15, 0.2) is 6.61 Å². The first-order valence-electron chi connectivity index (χ1n) is 12.5. The summed E-state index contributed by atoms with van der Waals surface area (Å²) in [5, 5.41) is 11.8. The van der Waals surface area contributed by atoms with E-state index in [2.05, 4.69) is 6.07 Å². The summed E-state index contributed by atoms with van der Waals surface area (Å²) in [6.45, 7) is -0.0462. The van der Waals surface area contributed by atoms with Crippen molar-refractivity contribution in [2.45, 2.75) is 13.0 Å². The fraction of sp³-hybridized carbons (Fsp3) is 0.121. The molecule has 0 aromatic heterocycles. The van der Waals surface area contributed by atoms with Gasteiger partial charge in [0.25, 0.3) is 0 Å². The molecule has 0 aliphatic heterocycles. The van der Waals surface area contributed by atoms with Crippen LogP contribution in [0.3, 0.4) is 0 Å². The van der Waals surface area contributed by atoms with Gasteiger partial charge in [0, 0.05) is 22.6 Å². The molecule has 0 bridgehead atoms. The predicted octanol–water partition coefficient (Wildman–Crippen LogP) is 7.80. The molecule has 0 heterocycles. The molecule has 5 rings (SSSR count). The van der Waals surface area contributed by atoms with Gasteiger partial charge in [-0.3, -0.25) is 0 Å². The van der Waals surface area contributed by atoms with Crippen LogP contribution in [0.2, 0.25) is 5.02 Å². The smallest absolute Gasteiger partial charge is 0.341 e. The van der Waals surface area contributed by atoms with E-state index >= 15 is 0 Å². The van der Waals surface area contributed by atoms with Gasteiger partial charge in [-0.1, -0.05) is 72.3 Å². The van der Waals surface area contributed by atoms with Crippen LogP contribution >= 0.6 is 11.6 Å². The highest BCUT2D eigenvalue weighted by Crippen LogP contribution is 2.40. The second kappa shape index (κ2) is 11.9. The SMILES string of the molecule is COc1cccc(-c2cc3ccc(OCC(=O)O)c(Cc4cccc(Cl)c4)c3cc2OCc2ccccc2)c1. The molecule has 5 nitrogen and oxygen atoms in total. The number of fused-ring (bicyclic) bond motifs is 1. The third kappa shape index (κ3) is 6.33. The summed E-state index contributed by atoms with van der Waals surface area (Å²) in [6.07, 6.45) is 0.503. The third-order valence-electron chi connectivity index (χ3n) is 6.43. The molecule has 39 heavy (non-hydrogen) atoms. The summed E-state index contributed by atoms with van der Waals surface area (Å²) in [6, 6.07) is 33.3. The number of ether oxygens (including phenoxy) is 3. The molecule has 196 valence electrons. The van der Waals surface area contributed by atoms with Crippen molar-refractivity contribution < 1.29 is 24.1 Å². The maximum Gasteiger partial charge on any atom is 0.341 e. The minimum Gasteiger partial charge on any atom is -0.497 e. The number of carboxylic acids is 1. The zero-order valence-electron chi connectivity index (χ0n) is 21.4. The van der Waals surface area contributed by atoms with E-state index < -0.39 is 12.6 Å². The van der Waals surface area contributed by atoms with Crippen LogP contribution in [0.25, 0.3) is 21.9 Å². The lowest BCUT2D eigenvalue weighted by molar-refractivity contribution is -0.139. The number of halogens is 1. The Balaban J connectivity index is 1.67. The summed E-state index contributed by atoms with van der Waals surface area (Å²) in [5.74, 6) is 0.917. The van der Waals surface area contributed by atoms with Crippen molar-refractivity contribution >= 4 is 28.3 Å². The minimum absolute atomic E-state index is 0.391. The number of rotatable bonds is 10. The van der Waals surface area contributed by atoms with Gasteiger partial charge in [-0.2, -0.15) is 0 Å². The highest BCUT2D eigenvalue weighted by atomic mass is 35.5. The Morgan fingerprint density at radius 1 is 0.795 bits per heavy atom. The highest BCUT2D eigenvalue weighted by Gasteiger charge is 2.17. The first kappa shape index (κ1) is 26.1. The molecule has 0 atom stereocenters. The average molecular weight is 539 g/mol.